The smallest absolute Gasteiger partial charge is 0.137 e. The number of aromatic nitrogens is 1. The number of pyridine rings is 1. The number of fused-ring (bicyclic) bond motifs is 1. The third-order valence-corrected chi connectivity index (χ3v) is 4.00. The lowest BCUT2D eigenvalue weighted by molar-refractivity contribution is -0.118. The second-order valence-electron chi connectivity index (χ2n) is 4.91. The molecule has 3 rings (SSSR count). The van der Waals surface area contributed by atoms with E-state index in [4.69, 9.17) is 11.6 Å². The van der Waals surface area contributed by atoms with E-state index in [1.54, 1.807) is 12.4 Å². The largest absolute Gasteiger partial charge is 0.299 e. The molecule has 0 saturated heterocycles. The summed E-state index contributed by atoms with van der Waals surface area (Å²) in [5.41, 5.74) is 4.77. The highest BCUT2D eigenvalue weighted by Gasteiger charge is 2.20. The zero-order valence-electron chi connectivity index (χ0n) is 10.5. The van der Waals surface area contributed by atoms with Gasteiger partial charge in [0.1, 0.15) is 5.78 Å². The molecule has 0 amide bonds. The fourth-order valence-electron chi connectivity index (χ4n) is 2.65. The van der Waals surface area contributed by atoms with Gasteiger partial charge in [0.05, 0.1) is 0 Å². The summed E-state index contributed by atoms with van der Waals surface area (Å²) in [6.45, 7) is 0. The fraction of sp³-hybridized carbons (Fsp3) is 0.250. The molecule has 1 aliphatic rings. The van der Waals surface area contributed by atoms with Crippen LogP contribution in [0.2, 0.25) is 5.02 Å². The molecule has 0 saturated carbocycles. The first kappa shape index (κ1) is 12.4. The molecule has 0 unspecified atom stereocenters. The van der Waals surface area contributed by atoms with Crippen molar-refractivity contribution >= 4 is 17.4 Å². The highest BCUT2D eigenvalue weighted by Crippen LogP contribution is 2.30. The van der Waals surface area contributed by atoms with E-state index in [1.165, 1.54) is 11.1 Å². The third-order valence-electron chi connectivity index (χ3n) is 3.64. The van der Waals surface area contributed by atoms with Crippen molar-refractivity contribution in [2.24, 2.45) is 0 Å². The molecule has 0 fully saturated rings. The second-order valence-corrected chi connectivity index (χ2v) is 5.32. The van der Waals surface area contributed by atoms with Gasteiger partial charge in [0.15, 0.2) is 0 Å². The number of Topliss-reactive ketones (excluding diaryl/α,β-unsaturated/α-hetero) is 1. The summed E-state index contributed by atoms with van der Waals surface area (Å²) in [5.74, 6) is 0.324. The molecule has 0 radical (unpaired) electrons. The fourth-order valence-corrected chi connectivity index (χ4v) is 2.89. The highest BCUT2D eigenvalue weighted by atomic mass is 35.5. The van der Waals surface area contributed by atoms with Crippen molar-refractivity contribution in [2.45, 2.75) is 25.7 Å². The quantitative estimate of drug-likeness (QED) is 0.838. The molecule has 1 aliphatic carbocycles. The Morgan fingerprint density at radius 2 is 1.89 bits per heavy atom. The van der Waals surface area contributed by atoms with Gasteiger partial charge in [0, 0.05) is 30.3 Å². The summed E-state index contributed by atoms with van der Waals surface area (Å²) in [4.78, 5) is 15.6. The first-order valence-electron chi connectivity index (χ1n) is 6.44. The highest BCUT2D eigenvalue weighted by molar-refractivity contribution is 6.31. The number of hydrogen-bond acceptors (Lipinski definition) is 2. The predicted molar refractivity (Wildman–Crippen MR) is 75.5 cm³/mol. The van der Waals surface area contributed by atoms with Crippen LogP contribution in [0, 0.1) is 0 Å². The number of hydrogen-bond donors (Lipinski definition) is 0. The standard InChI is InChI=1S/C16H14ClNO/c17-16-4-1-12-10-13(19)2-3-14(12)15(16)9-11-5-7-18-8-6-11/h1,4-8H,2-3,9-10H2. The first-order chi connectivity index (χ1) is 9.24. The van der Waals surface area contributed by atoms with Crippen LogP contribution in [-0.2, 0) is 24.1 Å². The molecular weight excluding hydrogens is 258 g/mol. The van der Waals surface area contributed by atoms with Gasteiger partial charge in [-0.3, -0.25) is 9.78 Å². The van der Waals surface area contributed by atoms with Gasteiger partial charge >= 0.3 is 0 Å². The summed E-state index contributed by atoms with van der Waals surface area (Å²) in [7, 11) is 0. The molecule has 96 valence electrons. The zero-order chi connectivity index (χ0) is 13.2. The Morgan fingerprint density at radius 1 is 1.11 bits per heavy atom. The molecule has 1 aromatic heterocycles. The second kappa shape index (κ2) is 5.14. The minimum Gasteiger partial charge on any atom is -0.299 e. The van der Waals surface area contributed by atoms with Crippen molar-refractivity contribution in [3.8, 4) is 0 Å². The van der Waals surface area contributed by atoms with Gasteiger partial charge in [-0.2, -0.15) is 0 Å². The van der Waals surface area contributed by atoms with Crippen molar-refractivity contribution in [3.63, 3.8) is 0 Å². The van der Waals surface area contributed by atoms with Crippen molar-refractivity contribution in [1.29, 1.82) is 0 Å². The van der Waals surface area contributed by atoms with Gasteiger partial charge in [-0.1, -0.05) is 17.7 Å². The van der Waals surface area contributed by atoms with E-state index in [-0.39, 0.29) is 0 Å². The Morgan fingerprint density at radius 3 is 2.68 bits per heavy atom. The topological polar surface area (TPSA) is 30.0 Å². The lowest BCUT2D eigenvalue weighted by Crippen LogP contribution is -2.15. The van der Waals surface area contributed by atoms with Crippen LogP contribution >= 0.6 is 11.6 Å². The Kier molecular flexibility index (Phi) is 3.34. The van der Waals surface area contributed by atoms with Gasteiger partial charge in [0.2, 0.25) is 0 Å². The Bertz CT molecular complexity index is 622. The van der Waals surface area contributed by atoms with E-state index in [1.807, 2.05) is 24.3 Å². The van der Waals surface area contributed by atoms with Crippen LogP contribution in [0.4, 0.5) is 0 Å². The van der Waals surface area contributed by atoms with E-state index in [9.17, 15) is 4.79 Å². The number of benzene rings is 1. The number of carbonyl (C=O) groups excluding carboxylic acids is 1. The Labute approximate surface area is 117 Å². The van der Waals surface area contributed by atoms with Crippen molar-refractivity contribution in [2.75, 3.05) is 0 Å². The first-order valence-corrected chi connectivity index (χ1v) is 6.81. The minimum absolute atomic E-state index is 0.324. The van der Waals surface area contributed by atoms with Crippen LogP contribution in [0.1, 0.15) is 28.7 Å². The molecule has 1 aromatic carbocycles. The maximum Gasteiger partial charge on any atom is 0.137 e. The maximum atomic E-state index is 11.5. The average Bonchev–Trinajstić information content (AvgIpc) is 2.43. The summed E-state index contributed by atoms with van der Waals surface area (Å²) < 4.78 is 0. The van der Waals surface area contributed by atoms with Crippen LogP contribution in [0.3, 0.4) is 0 Å². The molecule has 2 aromatic rings. The van der Waals surface area contributed by atoms with E-state index < -0.39 is 0 Å². The van der Waals surface area contributed by atoms with Crippen molar-refractivity contribution < 1.29 is 4.79 Å². The van der Waals surface area contributed by atoms with Crippen LogP contribution in [0.15, 0.2) is 36.7 Å². The van der Waals surface area contributed by atoms with Crippen LogP contribution in [-0.4, -0.2) is 10.8 Å². The molecule has 0 bridgehead atoms. The third kappa shape index (κ3) is 2.54. The zero-order valence-corrected chi connectivity index (χ0v) is 11.3. The van der Waals surface area contributed by atoms with Gasteiger partial charge in [-0.05, 0) is 53.3 Å². The van der Waals surface area contributed by atoms with Crippen LogP contribution in [0.5, 0.6) is 0 Å². The van der Waals surface area contributed by atoms with Crippen LogP contribution < -0.4 is 0 Å². The number of ketones is 1. The normalized spacial score (nSPS) is 14.3. The molecule has 3 heteroatoms. The van der Waals surface area contributed by atoms with E-state index in [2.05, 4.69) is 4.98 Å². The lowest BCUT2D eigenvalue weighted by Gasteiger charge is -2.20. The van der Waals surface area contributed by atoms with Crippen molar-refractivity contribution in [1.82, 2.24) is 4.98 Å². The van der Waals surface area contributed by atoms with Crippen LogP contribution in [0.25, 0.3) is 0 Å². The Hall–Kier alpha value is -1.67. The lowest BCUT2D eigenvalue weighted by atomic mass is 9.86. The summed E-state index contributed by atoms with van der Waals surface area (Å²) in [6, 6.07) is 7.91. The summed E-state index contributed by atoms with van der Waals surface area (Å²) >= 11 is 6.35. The minimum atomic E-state index is 0.324. The van der Waals surface area contributed by atoms with E-state index in [0.29, 0.717) is 18.6 Å². The van der Waals surface area contributed by atoms with Gasteiger partial charge in [-0.25, -0.2) is 0 Å². The number of rotatable bonds is 2. The molecule has 1 heterocycles. The predicted octanol–water partition coefficient (Wildman–Crippen LogP) is 3.38. The average molecular weight is 272 g/mol. The monoisotopic (exact) mass is 271 g/mol. The van der Waals surface area contributed by atoms with Gasteiger partial charge in [0.25, 0.3) is 0 Å². The van der Waals surface area contributed by atoms with Crippen molar-refractivity contribution in [3.05, 3.63) is 63.9 Å². The van der Waals surface area contributed by atoms with Gasteiger partial charge in [-0.15, -0.1) is 0 Å². The SMILES string of the molecule is O=C1CCc2c(ccc(Cl)c2Cc2ccncc2)C1. The van der Waals surface area contributed by atoms with Gasteiger partial charge < -0.3 is 0 Å². The van der Waals surface area contributed by atoms with E-state index in [0.717, 1.165) is 29.0 Å². The molecule has 19 heavy (non-hydrogen) atoms. The molecular formula is C16H14ClNO. The maximum absolute atomic E-state index is 11.5. The van der Waals surface area contributed by atoms with E-state index >= 15 is 0 Å². The molecule has 0 N–H and O–H groups in total. The molecule has 0 aliphatic heterocycles. The number of carbonyl (C=O) groups is 1. The number of nitrogens with zero attached hydrogens (tertiary/aromatic N) is 1. The molecule has 2 nitrogen and oxygen atoms in total. The summed E-state index contributed by atoms with van der Waals surface area (Å²) in [6.07, 6.45) is 6.39. The number of halogens is 1. The Balaban J connectivity index is 2.01. The summed E-state index contributed by atoms with van der Waals surface area (Å²) in [5, 5.41) is 0.796. The molecule has 0 spiro atoms. The molecule has 0 atom stereocenters.